The lowest BCUT2D eigenvalue weighted by molar-refractivity contribution is 0.0934. The Balaban J connectivity index is 1.80. The number of hydrogen-bond acceptors (Lipinski definition) is 5. The number of para-hydroxylation sites is 2. The molecule has 7 heteroatoms. The smallest absolute Gasteiger partial charge is 0.274 e. The van der Waals surface area contributed by atoms with Crippen molar-refractivity contribution in [1.29, 1.82) is 0 Å². The molecule has 7 nitrogen and oxygen atoms in total. The van der Waals surface area contributed by atoms with Gasteiger partial charge in [0.15, 0.2) is 5.69 Å². The largest absolute Gasteiger partial charge is 0.497 e. The molecule has 3 aromatic rings. The minimum Gasteiger partial charge on any atom is -0.497 e. The highest BCUT2D eigenvalue weighted by Crippen LogP contribution is 2.23. The highest BCUT2D eigenvalue weighted by atomic mass is 16.5. The fraction of sp³-hybridized carbons (Fsp3) is 0.250. The molecule has 0 radical (unpaired) electrons. The van der Waals surface area contributed by atoms with Crippen LogP contribution in [0.15, 0.2) is 48.5 Å². The Morgan fingerprint density at radius 3 is 2.44 bits per heavy atom. The molecular formula is C20H22N4O3. The molecule has 27 heavy (non-hydrogen) atoms. The van der Waals surface area contributed by atoms with Crippen molar-refractivity contribution < 1.29 is 14.3 Å². The Morgan fingerprint density at radius 2 is 1.78 bits per heavy atom. The second kappa shape index (κ2) is 7.90. The molecule has 0 spiro atoms. The van der Waals surface area contributed by atoms with Crippen LogP contribution in [0.1, 0.15) is 34.7 Å². The van der Waals surface area contributed by atoms with Crippen LogP contribution >= 0.6 is 0 Å². The summed E-state index contributed by atoms with van der Waals surface area (Å²) in [5.74, 6) is 1.15. The van der Waals surface area contributed by atoms with Gasteiger partial charge in [-0.3, -0.25) is 4.79 Å². The van der Waals surface area contributed by atoms with Gasteiger partial charge in [0.25, 0.3) is 5.91 Å². The third-order valence-corrected chi connectivity index (χ3v) is 4.39. The van der Waals surface area contributed by atoms with Crippen LogP contribution in [0.25, 0.3) is 5.69 Å². The van der Waals surface area contributed by atoms with Crippen molar-refractivity contribution in [2.24, 2.45) is 0 Å². The Morgan fingerprint density at radius 1 is 1.07 bits per heavy atom. The van der Waals surface area contributed by atoms with Gasteiger partial charge in [0.2, 0.25) is 0 Å². The third-order valence-electron chi connectivity index (χ3n) is 4.39. The van der Waals surface area contributed by atoms with Crippen molar-refractivity contribution in [3.63, 3.8) is 0 Å². The lowest BCUT2D eigenvalue weighted by Gasteiger charge is -2.14. The van der Waals surface area contributed by atoms with Gasteiger partial charge >= 0.3 is 0 Å². The number of aromatic nitrogens is 3. The summed E-state index contributed by atoms with van der Waals surface area (Å²) in [5, 5.41) is 11.2. The van der Waals surface area contributed by atoms with Gasteiger partial charge in [-0.15, -0.1) is 5.10 Å². The van der Waals surface area contributed by atoms with Gasteiger partial charge in [-0.1, -0.05) is 29.5 Å². The molecule has 0 bridgehead atoms. The summed E-state index contributed by atoms with van der Waals surface area (Å²) in [5.41, 5.74) is 2.62. The molecule has 0 aliphatic heterocycles. The number of hydrogen-bond donors (Lipinski definition) is 1. The van der Waals surface area contributed by atoms with Crippen molar-refractivity contribution >= 4 is 5.91 Å². The van der Waals surface area contributed by atoms with Crippen LogP contribution in [0.4, 0.5) is 0 Å². The van der Waals surface area contributed by atoms with Gasteiger partial charge in [0.05, 0.1) is 26.0 Å². The Hall–Kier alpha value is -3.35. The van der Waals surface area contributed by atoms with Gasteiger partial charge in [-0.2, -0.15) is 0 Å². The average molecular weight is 366 g/mol. The number of amides is 1. The van der Waals surface area contributed by atoms with E-state index in [-0.39, 0.29) is 17.6 Å². The monoisotopic (exact) mass is 366 g/mol. The molecule has 1 atom stereocenters. The van der Waals surface area contributed by atoms with E-state index in [2.05, 4.69) is 15.6 Å². The molecule has 0 unspecified atom stereocenters. The van der Waals surface area contributed by atoms with E-state index in [1.807, 2.05) is 55.5 Å². The summed E-state index contributed by atoms with van der Waals surface area (Å²) in [4.78, 5) is 12.7. The van der Waals surface area contributed by atoms with Crippen LogP contribution in [0.3, 0.4) is 0 Å². The molecule has 0 saturated heterocycles. The maximum atomic E-state index is 12.7. The number of carbonyl (C=O) groups is 1. The summed E-state index contributed by atoms with van der Waals surface area (Å²) in [6.07, 6.45) is 0. The molecule has 1 amide bonds. The average Bonchev–Trinajstić information content (AvgIpc) is 3.09. The number of methoxy groups -OCH3 is 2. The first-order valence-corrected chi connectivity index (χ1v) is 8.55. The highest BCUT2D eigenvalue weighted by Gasteiger charge is 2.20. The first kappa shape index (κ1) is 18.4. The Bertz CT molecular complexity index is 935. The summed E-state index contributed by atoms with van der Waals surface area (Å²) in [7, 11) is 3.21. The molecule has 0 saturated carbocycles. The van der Waals surface area contributed by atoms with Crippen LogP contribution in [-0.2, 0) is 0 Å². The standard InChI is InChI=1S/C20H22N4O3/c1-13(15-9-11-16(26-3)12-10-15)21-20(25)19-14(2)24(23-22-19)17-7-5-6-8-18(17)27-4/h5-13H,1-4H3,(H,21,25)/t13-/m1/s1. The quantitative estimate of drug-likeness (QED) is 0.725. The van der Waals surface area contributed by atoms with Crippen LogP contribution < -0.4 is 14.8 Å². The molecule has 1 N–H and O–H groups in total. The van der Waals surface area contributed by atoms with Crippen molar-refractivity contribution in [2.45, 2.75) is 19.9 Å². The van der Waals surface area contributed by atoms with Crippen LogP contribution in [-0.4, -0.2) is 35.1 Å². The molecule has 3 rings (SSSR count). The first-order valence-electron chi connectivity index (χ1n) is 8.55. The fourth-order valence-corrected chi connectivity index (χ4v) is 2.81. The van der Waals surface area contributed by atoms with E-state index in [1.165, 1.54) is 0 Å². The molecule has 0 aliphatic rings. The lowest BCUT2D eigenvalue weighted by Crippen LogP contribution is -2.27. The van der Waals surface area contributed by atoms with Gasteiger partial charge in [0, 0.05) is 0 Å². The summed E-state index contributed by atoms with van der Waals surface area (Å²) in [6, 6.07) is 14.8. The number of nitrogens with zero attached hydrogens (tertiary/aromatic N) is 3. The maximum absolute atomic E-state index is 12.7. The molecule has 1 heterocycles. The zero-order valence-electron chi connectivity index (χ0n) is 15.8. The molecule has 140 valence electrons. The Kier molecular flexibility index (Phi) is 5.40. The molecule has 1 aromatic heterocycles. The minimum absolute atomic E-state index is 0.181. The van der Waals surface area contributed by atoms with E-state index >= 15 is 0 Å². The van der Waals surface area contributed by atoms with E-state index in [9.17, 15) is 4.79 Å². The summed E-state index contributed by atoms with van der Waals surface area (Å²) >= 11 is 0. The first-order chi connectivity index (χ1) is 13.0. The van der Waals surface area contributed by atoms with E-state index in [0.29, 0.717) is 11.4 Å². The van der Waals surface area contributed by atoms with Crippen molar-refractivity contribution in [2.75, 3.05) is 14.2 Å². The highest BCUT2D eigenvalue weighted by molar-refractivity contribution is 5.93. The topological polar surface area (TPSA) is 78.3 Å². The van der Waals surface area contributed by atoms with E-state index in [0.717, 1.165) is 17.0 Å². The zero-order chi connectivity index (χ0) is 19.4. The maximum Gasteiger partial charge on any atom is 0.274 e. The second-order valence-electron chi connectivity index (χ2n) is 6.08. The fourth-order valence-electron chi connectivity index (χ4n) is 2.81. The van der Waals surface area contributed by atoms with Gasteiger partial charge in [-0.05, 0) is 43.7 Å². The predicted molar refractivity (Wildman–Crippen MR) is 102 cm³/mol. The van der Waals surface area contributed by atoms with Crippen LogP contribution in [0.5, 0.6) is 11.5 Å². The SMILES string of the molecule is COc1ccc([C@@H](C)NC(=O)c2nnn(-c3ccccc3OC)c2C)cc1. The van der Waals surface area contributed by atoms with Crippen molar-refractivity contribution in [1.82, 2.24) is 20.3 Å². The normalized spacial score (nSPS) is 11.7. The molecular weight excluding hydrogens is 344 g/mol. The van der Waals surface area contributed by atoms with Gasteiger partial charge < -0.3 is 14.8 Å². The number of ether oxygens (including phenoxy) is 2. The predicted octanol–water partition coefficient (Wildman–Crippen LogP) is 3.08. The molecule has 2 aromatic carbocycles. The summed E-state index contributed by atoms with van der Waals surface area (Å²) in [6.45, 7) is 3.72. The van der Waals surface area contributed by atoms with Gasteiger partial charge in [-0.25, -0.2) is 4.68 Å². The lowest BCUT2D eigenvalue weighted by atomic mass is 10.1. The third kappa shape index (κ3) is 3.76. The summed E-state index contributed by atoms with van der Waals surface area (Å²) < 4.78 is 12.1. The van der Waals surface area contributed by atoms with Gasteiger partial charge in [0.1, 0.15) is 17.2 Å². The van der Waals surface area contributed by atoms with E-state index in [1.54, 1.807) is 25.8 Å². The van der Waals surface area contributed by atoms with E-state index in [4.69, 9.17) is 9.47 Å². The number of benzene rings is 2. The zero-order valence-corrected chi connectivity index (χ0v) is 15.8. The van der Waals surface area contributed by atoms with E-state index < -0.39 is 0 Å². The van der Waals surface area contributed by atoms with Crippen molar-refractivity contribution in [3.8, 4) is 17.2 Å². The minimum atomic E-state index is -0.281. The molecule has 0 aliphatic carbocycles. The van der Waals surface area contributed by atoms with Crippen LogP contribution in [0, 0.1) is 6.92 Å². The number of nitrogens with one attached hydrogen (secondary N) is 1. The van der Waals surface area contributed by atoms with Crippen LogP contribution in [0.2, 0.25) is 0 Å². The molecule has 0 fully saturated rings. The van der Waals surface area contributed by atoms with Crippen molar-refractivity contribution in [3.05, 3.63) is 65.5 Å². The second-order valence-corrected chi connectivity index (χ2v) is 6.08. The number of carbonyl (C=O) groups excluding carboxylic acids is 1. The Labute approximate surface area is 157 Å². The number of rotatable bonds is 6.